The molecule has 4 aromatic rings. The van der Waals surface area contributed by atoms with E-state index in [0.29, 0.717) is 36.5 Å². The van der Waals surface area contributed by atoms with Crippen LogP contribution >= 0.6 is 45.9 Å². The smallest absolute Gasteiger partial charge is 0.213 e. The number of ketones is 1. The van der Waals surface area contributed by atoms with Crippen molar-refractivity contribution in [2.75, 3.05) is 62.4 Å². The zero-order chi connectivity index (χ0) is 26.1. The third-order valence-electron chi connectivity index (χ3n) is 6.78. The second-order valence-corrected chi connectivity index (χ2v) is 12.1. The Morgan fingerprint density at radius 1 is 0.632 bits per heavy atom. The number of morpholine rings is 2. The molecule has 0 amide bonds. The highest BCUT2D eigenvalue weighted by molar-refractivity contribution is 7.22. The first-order chi connectivity index (χ1) is 18.6. The van der Waals surface area contributed by atoms with Gasteiger partial charge in [0.25, 0.3) is 0 Å². The van der Waals surface area contributed by atoms with Crippen molar-refractivity contribution >= 4 is 61.7 Å². The van der Waals surface area contributed by atoms with Gasteiger partial charge in [-0.25, -0.2) is 0 Å². The summed E-state index contributed by atoms with van der Waals surface area (Å²) in [5, 5.41) is 3.58. The van der Waals surface area contributed by atoms with Gasteiger partial charge in [-0.1, -0.05) is 47.5 Å². The SMILES string of the molecule is O=C(c1cc(-c2ccc(Cl)cc2)c(N2CCOCC2)s1)c1cc(-c2ccc(Cl)cc2)c(N2CCOCC2)s1. The van der Waals surface area contributed by atoms with Crippen LogP contribution in [0.3, 0.4) is 0 Å². The molecule has 0 bridgehead atoms. The zero-order valence-corrected chi connectivity index (χ0v) is 23.8. The van der Waals surface area contributed by atoms with Crippen molar-refractivity contribution in [3.63, 3.8) is 0 Å². The second kappa shape index (κ2) is 11.4. The first-order valence-electron chi connectivity index (χ1n) is 12.6. The minimum absolute atomic E-state index is 0.0458. The van der Waals surface area contributed by atoms with Gasteiger partial charge in [-0.05, 0) is 47.5 Å². The summed E-state index contributed by atoms with van der Waals surface area (Å²) in [7, 11) is 0. The number of thiophene rings is 2. The number of nitrogens with zero attached hydrogens (tertiary/aromatic N) is 2. The number of rotatable bonds is 6. The summed E-state index contributed by atoms with van der Waals surface area (Å²) in [6, 6.07) is 19.7. The normalized spacial score (nSPS) is 16.2. The molecule has 2 aromatic heterocycles. The van der Waals surface area contributed by atoms with Crippen LogP contribution in [0, 0.1) is 0 Å². The molecule has 0 unspecified atom stereocenters. The molecule has 196 valence electrons. The van der Waals surface area contributed by atoms with Crippen LogP contribution in [0.15, 0.2) is 60.7 Å². The van der Waals surface area contributed by atoms with Gasteiger partial charge in [-0.15, -0.1) is 22.7 Å². The molecule has 2 aliphatic rings. The predicted molar refractivity (Wildman–Crippen MR) is 159 cm³/mol. The fourth-order valence-electron chi connectivity index (χ4n) is 4.78. The van der Waals surface area contributed by atoms with Crippen molar-refractivity contribution in [2.24, 2.45) is 0 Å². The number of carbonyl (C=O) groups excluding carboxylic acids is 1. The van der Waals surface area contributed by atoms with Crippen molar-refractivity contribution in [1.82, 2.24) is 0 Å². The molecular formula is C29H26Cl2N2O3S2. The van der Waals surface area contributed by atoms with Gasteiger partial charge < -0.3 is 19.3 Å². The highest BCUT2D eigenvalue weighted by Gasteiger charge is 2.26. The van der Waals surface area contributed by atoms with Crippen LogP contribution in [0.1, 0.15) is 14.5 Å². The van der Waals surface area contributed by atoms with E-state index in [2.05, 4.69) is 9.80 Å². The Morgan fingerprint density at radius 3 is 1.37 bits per heavy atom. The third-order valence-corrected chi connectivity index (χ3v) is 9.67. The number of hydrogen-bond donors (Lipinski definition) is 0. The topological polar surface area (TPSA) is 42.0 Å². The molecule has 2 aliphatic heterocycles. The highest BCUT2D eigenvalue weighted by Crippen LogP contribution is 2.44. The molecule has 0 atom stereocenters. The van der Waals surface area contributed by atoms with Crippen molar-refractivity contribution in [2.45, 2.75) is 0 Å². The van der Waals surface area contributed by atoms with Crippen LogP contribution in [-0.4, -0.2) is 58.4 Å². The van der Waals surface area contributed by atoms with E-state index in [1.54, 1.807) is 22.7 Å². The highest BCUT2D eigenvalue weighted by atomic mass is 35.5. The maximum Gasteiger partial charge on any atom is 0.213 e. The number of carbonyl (C=O) groups is 1. The average Bonchev–Trinajstić information content (AvgIpc) is 3.61. The van der Waals surface area contributed by atoms with Crippen LogP contribution < -0.4 is 9.80 Å². The molecule has 6 rings (SSSR count). The van der Waals surface area contributed by atoms with Gasteiger partial charge in [0.15, 0.2) is 0 Å². The van der Waals surface area contributed by atoms with Crippen molar-refractivity contribution in [1.29, 1.82) is 0 Å². The third kappa shape index (κ3) is 5.37. The van der Waals surface area contributed by atoms with E-state index >= 15 is 0 Å². The summed E-state index contributed by atoms with van der Waals surface area (Å²) >= 11 is 15.5. The molecule has 0 spiro atoms. The average molecular weight is 586 g/mol. The molecule has 38 heavy (non-hydrogen) atoms. The minimum Gasteiger partial charge on any atom is -0.378 e. The maximum absolute atomic E-state index is 14.0. The molecule has 9 heteroatoms. The lowest BCUT2D eigenvalue weighted by atomic mass is 10.1. The Morgan fingerprint density at radius 2 is 1.00 bits per heavy atom. The first kappa shape index (κ1) is 25.9. The van der Waals surface area contributed by atoms with Gasteiger partial charge in [-0.3, -0.25) is 4.79 Å². The van der Waals surface area contributed by atoms with E-state index in [-0.39, 0.29) is 5.78 Å². The molecule has 2 saturated heterocycles. The van der Waals surface area contributed by atoms with E-state index in [9.17, 15) is 4.79 Å². The van der Waals surface area contributed by atoms with Crippen LogP contribution in [0.4, 0.5) is 10.0 Å². The Kier molecular flexibility index (Phi) is 7.75. The molecular weight excluding hydrogens is 559 g/mol. The van der Waals surface area contributed by atoms with Gasteiger partial charge in [-0.2, -0.15) is 0 Å². The second-order valence-electron chi connectivity index (χ2n) is 9.20. The lowest BCUT2D eigenvalue weighted by molar-refractivity contribution is 0.104. The molecule has 0 radical (unpaired) electrons. The molecule has 0 aliphatic carbocycles. The Bertz CT molecular complexity index is 1310. The van der Waals surface area contributed by atoms with Crippen LogP contribution in [0.25, 0.3) is 22.3 Å². The number of hydrogen-bond acceptors (Lipinski definition) is 7. The quantitative estimate of drug-likeness (QED) is 0.221. The lowest BCUT2D eigenvalue weighted by Crippen LogP contribution is -2.35. The van der Waals surface area contributed by atoms with Crippen LogP contribution in [0.2, 0.25) is 10.0 Å². The standard InChI is InChI=1S/C29H26Cl2N2O3S2/c30-21-5-1-19(2-6-21)23-17-25(37-28(23)32-9-13-35-14-10-32)27(34)26-18-24(20-3-7-22(31)8-4-20)29(38-26)33-11-15-36-16-12-33/h1-8,17-18H,9-16H2. The molecule has 2 fully saturated rings. The summed E-state index contributed by atoms with van der Waals surface area (Å²) in [6.45, 7) is 5.93. The van der Waals surface area contributed by atoms with E-state index in [0.717, 1.165) is 68.2 Å². The van der Waals surface area contributed by atoms with Gasteiger partial charge in [0.1, 0.15) is 0 Å². The monoisotopic (exact) mass is 584 g/mol. The Hall–Kier alpha value is -2.39. The zero-order valence-electron chi connectivity index (χ0n) is 20.6. The number of benzene rings is 2. The van der Waals surface area contributed by atoms with Gasteiger partial charge >= 0.3 is 0 Å². The Labute approximate surface area is 240 Å². The number of halogens is 2. The molecule has 0 N–H and O–H groups in total. The van der Waals surface area contributed by atoms with E-state index < -0.39 is 0 Å². The largest absolute Gasteiger partial charge is 0.378 e. The summed E-state index contributed by atoms with van der Waals surface area (Å²) in [5.74, 6) is 0.0458. The van der Waals surface area contributed by atoms with E-state index in [1.165, 1.54) is 0 Å². The maximum atomic E-state index is 14.0. The van der Waals surface area contributed by atoms with Crippen molar-refractivity contribution in [3.8, 4) is 22.3 Å². The summed E-state index contributed by atoms with van der Waals surface area (Å²) in [4.78, 5) is 20.1. The summed E-state index contributed by atoms with van der Waals surface area (Å²) in [6.07, 6.45) is 0. The lowest BCUT2D eigenvalue weighted by Gasteiger charge is -2.28. The minimum atomic E-state index is 0.0458. The Balaban J connectivity index is 1.40. The van der Waals surface area contributed by atoms with Gasteiger partial charge in [0.05, 0.1) is 46.2 Å². The number of anilines is 2. The van der Waals surface area contributed by atoms with E-state index in [4.69, 9.17) is 32.7 Å². The molecule has 4 heterocycles. The van der Waals surface area contributed by atoms with Crippen molar-refractivity contribution < 1.29 is 14.3 Å². The summed E-state index contributed by atoms with van der Waals surface area (Å²) < 4.78 is 11.2. The van der Waals surface area contributed by atoms with Gasteiger partial charge in [0, 0.05) is 47.4 Å². The predicted octanol–water partition coefficient (Wildman–Crippen LogP) is 7.35. The fraction of sp³-hybridized carbons (Fsp3) is 0.276. The molecule has 0 saturated carbocycles. The van der Waals surface area contributed by atoms with Crippen LogP contribution in [0.5, 0.6) is 0 Å². The van der Waals surface area contributed by atoms with E-state index in [1.807, 2.05) is 60.7 Å². The first-order valence-corrected chi connectivity index (χ1v) is 15.0. The number of ether oxygens (including phenoxy) is 2. The van der Waals surface area contributed by atoms with Crippen LogP contribution in [-0.2, 0) is 9.47 Å². The summed E-state index contributed by atoms with van der Waals surface area (Å²) in [5.41, 5.74) is 4.21. The fourth-order valence-corrected chi connectivity index (χ4v) is 7.47. The molecule has 5 nitrogen and oxygen atoms in total. The van der Waals surface area contributed by atoms with Gasteiger partial charge in [0.2, 0.25) is 5.78 Å². The van der Waals surface area contributed by atoms with Crippen molar-refractivity contribution in [3.05, 3.63) is 80.5 Å². The molecule has 2 aromatic carbocycles.